The van der Waals surface area contributed by atoms with Gasteiger partial charge in [0.1, 0.15) is 6.61 Å². The smallest absolute Gasteiger partial charge is 0.305 e. The first kappa shape index (κ1) is 16.4. The van der Waals surface area contributed by atoms with Crippen LogP contribution in [-0.2, 0) is 19.0 Å². The highest BCUT2D eigenvalue weighted by molar-refractivity contribution is 5.69. The summed E-state index contributed by atoms with van der Waals surface area (Å²) in [6, 6.07) is 0. The van der Waals surface area contributed by atoms with Crippen molar-refractivity contribution in [3.8, 4) is 0 Å². The first-order valence-electron chi connectivity index (χ1n) is 6.27. The fourth-order valence-corrected chi connectivity index (χ4v) is 1.13. The Morgan fingerprint density at radius 2 is 1.59 bits per heavy atom. The van der Waals surface area contributed by atoms with Gasteiger partial charge in [0.15, 0.2) is 0 Å². The lowest BCUT2D eigenvalue weighted by Crippen LogP contribution is -2.15. The third-order valence-electron chi connectivity index (χ3n) is 2.15. The summed E-state index contributed by atoms with van der Waals surface area (Å²) in [5.74, 6) is -0.145. The van der Waals surface area contributed by atoms with Crippen LogP contribution in [-0.4, -0.2) is 39.0 Å². The predicted molar refractivity (Wildman–Crippen MR) is 67.0 cm³/mol. The largest absolute Gasteiger partial charge is 0.463 e. The molecule has 0 amide bonds. The Labute approximate surface area is 105 Å². The summed E-state index contributed by atoms with van der Waals surface area (Å²) in [7, 11) is 0. The Bertz CT molecular complexity index is 196. The van der Waals surface area contributed by atoms with Crippen LogP contribution in [0.2, 0.25) is 0 Å². The van der Waals surface area contributed by atoms with Gasteiger partial charge in [-0.05, 0) is 18.8 Å². The minimum absolute atomic E-state index is 0.145. The van der Waals surface area contributed by atoms with Crippen LogP contribution in [0.3, 0.4) is 0 Å². The molecule has 0 N–H and O–H groups in total. The van der Waals surface area contributed by atoms with E-state index >= 15 is 0 Å². The second kappa shape index (κ2) is 9.42. The molecule has 0 fully saturated rings. The van der Waals surface area contributed by atoms with E-state index in [0.29, 0.717) is 39.5 Å². The molecule has 4 heteroatoms. The van der Waals surface area contributed by atoms with E-state index in [-0.39, 0.29) is 11.4 Å². The summed E-state index contributed by atoms with van der Waals surface area (Å²) >= 11 is 0. The average molecular weight is 246 g/mol. The van der Waals surface area contributed by atoms with Gasteiger partial charge in [0, 0.05) is 13.0 Å². The normalized spacial score (nSPS) is 11.5. The molecule has 0 aliphatic carbocycles. The highest BCUT2D eigenvalue weighted by Gasteiger charge is 2.13. The van der Waals surface area contributed by atoms with Crippen LogP contribution in [0.4, 0.5) is 0 Å². The van der Waals surface area contributed by atoms with Crippen LogP contribution in [0.25, 0.3) is 0 Å². The molecule has 102 valence electrons. The van der Waals surface area contributed by atoms with Crippen molar-refractivity contribution in [2.45, 2.75) is 40.5 Å². The Morgan fingerprint density at radius 1 is 1.00 bits per heavy atom. The van der Waals surface area contributed by atoms with Crippen LogP contribution < -0.4 is 0 Å². The zero-order valence-electron chi connectivity index (χ0n) is 11.6. The van der Waals surface area contributed by atoms with Gasteiger partial charge in [0.2, 0.25) is 0 Å². The number of carbonyl (C=O) groups excluding carboxylic acids is 1. The first-order chi connectivity index (χ1) is 7.95. The van der Waals surface area contributed by atoms with E-state index in [1.807, 2.05) is 6.92 Å². The molecule has 4 nitrogen and oxygen atoms in total. The minimum atomic E-state index is -0.145. The Morgan fingerprint density at radius 3 is 2.18 bits per heavy atom. The van der Waals surface area contributed by atoms with E-state index < -0.39 is 0 Å². The third kappa shape index (κ3) is 13.3. The highest BCUT2D eigenvalue weighted by atomic mass is 16.6. The molecule has 0 aliphatic rings. The van der Waals surface area contributed by atoms with Crippen LogP contribution in [0.1, 0.15) is 40.5 Å². The van der Waals surface area contributed by atoms with E-state index in [0.717, 1.165) is 6.42 Å². The van der Waals surface area contributed by atoms with E-state index in [1.54, 1.807) is 0 Å². The minimum Gasteiger partial charge on any atom is -0.463 e. The standard InChI is InChI=1S/C13H26O4/c1-5-15-8-9-16-10-11-17-12(14)6-7-13(2,3)4/h5-11H2,1-4H3. The molecule has 0 atom stereocenters. The molecule has 0 spiro atoms. The van der Waals surface area contributed by atoms with Gasteiger partial charge in [-0.15, -0.1) is 0 Å². The van der Waals surface area contributed by atoms with Gasteiger partial charge < -0.3 is 14.2 Å². The Balaban J connectivity index is 3.28. The lowest BCUT2D eigenvalue weighted by atomic mass is 9.91. The fourth-order valence-electron chi connectivity index (χ4n) is 1.13. The highest BCUT2D eigenvalue weighted by Crippen LogP contribution is 2.20. The van der Waals surface area contributed by atoms with Gasteiger partial charge in [0.25, 0.3) is 0 Å². The number of hydrogen-bond acceptors (Lipinski definition) is 4. The van der Waals surface area contributed by atoms with E-state index in [4.69, 9.17) is 14.2 Å². The number of carbonyl (C=O) groups is 1. The first-order valence-corrected chi connectivity index (χ1v) is 6.27. The second-order valence-electron chi connectivity index (χ2n) is 5.09. The summed E-state index contributed by atoms with van der Waals surface area (Å²) in [6.07, 6.45) is 1.32. The van der Waals surface area contributed by atoms with Crippen LogP contribution in [0.5, 0.6) is 0 Å². The van der Waals surface area contributed by atoms with Crippen molar-refractivity contribution in [3.63, 3.8) is 0 Å². The summed E-state index contributed by atoms with van der Waals surface area (Å²) in [4.78, 5) is 11.3. The molecule has 0 saturated carbocycles. The molecule has 0 bridgehead atoms. The van der Waals surface area contributed by atoms with Crippen molar-refractivity contribution in [1.82, 2.24) is 0 Å². The molecule has 0 rings (SSSR count). The molecular formula is C13H26O4. The lowest BCUT2D eigenvalue weighted by Gasteiger charge is -2.16. The number of esters is 1. The van der Waals surface area contributed by atoms with Crippen molar-refractivity contribution in [2.75, 3.05) is 33.0 Å². The lowest BCUT2D eigenvalue weighted by molar-refractivity contribution is -0.145. The Hall–Kier alpha value is -0.610. The van der Waals surface area contributed by atoms with E-state index in [1.165, 1.54) is 0 Å². The van der Waals surface area contributed by atoms with Crippen molar-refractivity contribution in [2.24, 2.45) is 5.41 Å². The monoisotopic (exact) mass is 246 g/mol. The maximum absolute atomic E-state index is 11.3. The number of ether oxygens (including phenoxy) is 3. The maximum Gasteiger partial charge on any atom is 0.305 e. The SMILES string of the molecule is CCOCCOCCOC(=O)CCC(C)(C)C. The molecule has 0 aliphatic heterocycles. The Kier molecular flexibility index (Phi) is 9.09. The second-order valence-corrected chi connectivity index (χ2v) is 5.09. The average Bonchev–Trinajstić information content (AvgIpc) is 2.24. The summed E-state index contributed by atoms with van der Waals surface area (Å²) in [5.41, 5.74) is 0.174. The zero-order valence-corrected chi connectivity index (χ0v) is 11.6. The van der Waals surface area contributed by atoms with Crippen molar-refractivity contribution in [1.29, 1.82) is 0 Å². The summed E-state index contributed by atoms with van der Waals surface area (Å²) in [6.45, 7) is 10.9. The quantitative estimate of drug-likeness (QED) is 0.463. The van der Waals surface area contributed by atoms with Crippen molar-refractivity contribution in [3.05, 3.63) is 0 Å². The molecule has 0 unspecified atom stereocenters. The van der Waals surface area contributed by atoms with Gasteiger partial charge >= 0.3 is 5.97 Å². The van der Waals surface area contributed by atoms with Gasteiger partial charge in [-0.25, -0.2) is 0 Å². The molecule has 0 aromatic carbocycles. The molecule has 0 heterocycles. The molecule has 17 heavy (non-hydrogen) atoms. The topological polar surface area (TPSA) is 44.8 Å². The van der Waals surface area contributed by atoms with Gasteiger partial charge in [-0.1, -0.05) is 20.8 Å². The molecular weight excluding hydrogens is 220 g/mol. The van der Waals surface area contributed by atoms with Crippen LogP contribution >= 0.6 is 0 Å². The fraction of sp³-hybridized carbons (Fsp3) is 0.923. The predicted octanol–water partition coefficient (Wildman–Crippen LogP) is 2.41. The summed E-state index contributed by atoms with van der Waals surface area (Å²) in [5, 5.41) is 0. The van der Waals surface area contributed by atoms with Gasteiger partial charge in [-0.3, -0.25) is 4.79 Å². The van der Waals surface area contributed by atoms with Crippen molar-refractivity contribution < 1.29 is 19.0 Å². The van der Waals surface area contributed by atoms with E-state index in [2.05, 4.69) is 20.8 Å². The molecule has 0 aromatic heterocycles. The maximum atomic E-state index is 11.3. The molecule has 0 saturated heterocycles. The third-order valence-corrected chi connectivity index (χ3v) is 2.15. The molecule has 0 radical (unpaired) electrons. The van der Waals surface area contributed by atoms with Crippen LogP contribution in [0.15, 0.2) is 0 Å². The number of rotatable bonds is 9. The van der Waals surface area contributed by atoms with Gasteiger partial charge in [-0.2, -0.15) is 0 Å². The summed E-state index contributed by atoms with van der Waals surface area (Å²) < 4.78 is 15.4. The molecule has 0 aromatic rings. The van der Waals surface area contributed by atoms with E-state index in [9.17, 15) is 4.79 Å². The number of hydrogen-bond donors (Lipinski definition) is 0. The zero-order chi connectivity index (χ0) is 13.1. The van der Waals surface area contributed by atoms with Crippen LogP contribution in [0, 0.1) is 5.41 Å². The van der Waals surface area contributed by atoms with Gasteiger partial charge in [0.05, 0.1) is 19.8 Å². The van der Waals surface area contributed by atoms with Crippen molar-refractivity contribution >= 4 is 5.97 Å².